The first kappa shape index (κ1) is 22.8. The number of amides is 1. The molecule has 2 heterocycles. The molecule has 0 atom stereocenters. The Balaban J connectivity index is 2.07. The molecule has 30 heavy (non-hydrogen) atoms. The zero-order valence-electron chi connectivity index (χ0n) is 18.7. The fourth-order valence-corrected chi connectivity index (χ4v) is 5.43. The second kappa shape index (κ2) is 9.08. The molecular formula is C22H33N3O4S. The second-order valence-corrected chi connectivity index (χ2v) is 10.2. The van der Waals surface area contributed by atoms with E-state index in [-0.39, 0.29) is 22.1 Å². The van der Waals surface area contributed by atoms with Gasteiger partial charge in [-0.25, -0.2) is 13.1 Å². The number of hydrogen-bond acceptors (Lipinski definition) is 5. The van der Waals surface area contributed by atoms with Gasteiger partial charge in [0.1, 0.15) is 4.90 Å². The Labute approximate surface area is 179 Å². The van der Waals surface area contributed by atoms with Gasteiger partial charge < -0.3 is 14.2 Å². The molecule has 0 saturated carbocycles. The Morgan fingerprint density at radius 2 is 1.73 bits per heavy atom. The molecule has 1 N–H and O–H groups in total. The van der Waals surface area contributed by atoms with Crippen molar-refractivity contribution in [3.8, 4) is 0 Å². The van der Waals surface area contributed by atoms with Gasteiger partial charge in [0.15, 0.2) is 11.3 Å². The number of hydrogen-bond donors (Lipinski definition) is 1. The van der Waals surface area contributed by atoms with E-state index in [4.69, 9.17) is 4.42 Å². The van der Waals surface area contributed by atoms with Gasteiger partial charge in [-0.05, 0) is 64.9 Å². The molecule has 0 spiro atoms. The van der Waals surface area contributed by atoms with Crippen molar-refractivity contribution >= 4 is 26.9 Å². The summed E-state index contributed by atoms with van der Waals surface area (Å²) in [5.41, 5.74) is 2.47. The number of nitrogens with one attached hydrogen (secondary N) is 1. The smallest absolute Gasteiger partial charge is 0.289 e. The van der Waals surface area contributed by atoms with E-state index < -0.39 is 10.0 Å². The third-order valence-corrected chi connectivity index (χ3v) is 7.51. The molecule has 7 nitrogen and oxygen atoms in total. The summed E-state index contributed by atoms with van der Waals surface area (Å²) in [5.74, 6) is 0.103. The van der Waals surface area contributed by atoms with E-state index in [9.17, 15) is 13.2 Å². The number of carbonyl (C=O) groups is 1. The number of furan rings is 1. The second-order valence-electron chi connectivity index (χ2n) is 8.49. The zero-order chi connectivity index (χ0) is 22.1. The van der Waals surface area contributed by atoms with Gasteiger partial charge in [-0.2, -0.15) is 0 Å². The highest BCUT2D eigenvalue weighted by atomic mass is 32.2. The minimum absolute atomic E-state index is 0.134. The Morgan fingerprint density at radius 3 is 2.33 bits per heavy atom. The van der Waals surface area contributed by atoms with Crippen LogP contribution in [0.5, 0.6) is 0 Å². The Bertz CT molecular complexity index is 1030. The first-order chi connectivity index (χ1) is 14.1. The fraction of sp³-hybridized carbons (Fsp3) is 0.591. The van der Waals surface area contributed by atoms with Crippen molar-refractivity contribution in [1.29, 1.82) is 0 Å². The highest BCUT2D eigenvalue weighted by Crippen LogP contribution is 2.35. The molecule has 1 aliphatic heterocycles. The molecule has 0 radical (unpaired) electrons. The number of rotatable bonds is 6. The van der Waals surface area contributed by atoms with E-state index in [1.54, 1.807) is 6.92 Å². The van der Waals surface area contributed by atoms with Crippen molar-refractivity contribution in [2.75, 3.05) is 40.3 Å². The first-order valence-corrected chi connectivity index (χ1v) is 12.1. The van der Waals surface area contributed by atoms with E-state index >= 15 is 0 Å². The third kappa shape index (κ3) is 4.55. The van der Waals surface area contributed by atoms with Crippen molar-refractivity contribution in [3.63, 3.8) is 0 Å². The third-order valence-electron chi connectivity index (χ3n) is 5.90. The lowest BCUT2D eigenvalue weighted by Gasteiger charge is -2.19. The van der Waals surface area contributed by atoms with E-state index in [0.717, 1.165) is 31.2 Å². The number of likely N-dealkylation sites (tertiary alicyclic amines) is 1. The first-order valence-electron chi connectivity index (χ1n) is 10.6. The lowest BCUT2D eigenvalue weighted by molar-refractivity contribution is 0.0731. The molecule has 166 valence electrons. The van der Waals surface area contributed by atoms with Crippen molar-refractivity contribution in [2.45, 2.75) is 51.3 Å². The molecule has 2 aromatic rings. The highest BCUT2D eigenvalue weighted by Gasteiger charge is 2.29. The highest BCUT2D eigenvalue weighted by molar-refractivity contribution is 7.89. The number of carbonyl (C=O) groups excluding carboxylic acids is 1. The fourth-order valence-electron chi connectivity index (χ4n) is 3.96. The number of sulfonamides is 1. The van der Waals surface area contributed by atoms with Gasteiger partial charge >= 0.3 is 0 Å². The topological polar surface area (TPSA) is 82.9 Å². The van der Waals surface area contributed by atoms with Gasteiger partial charge in [0.25, 0.3) is 5.91 Å². The molecule has 3 rings (SSSR count). The van der Waals surface area contributed by atoms with Crippen LogP contribution in [-0.4, -0.2) is 64.4 Å². The minimum atomic E-state index is -3.79. The van der Waals surface area contributed by atoms with Crippen LogP contribution in [-0.2, 0) is 10.0 Å². The van der Waals surface area contributed by atoms with Crippen LogP contribution >= 0.6 is 0 Å². The SMILES string of the molecule is Cc1cc2c(C)c(C(=O)N3CCCCCC3)oc2c(S(=O)(=O)NCCN(C)C)c1C. The number of nitrogens with zero attached hydrogens (tertiary/aromatic N) is 2. The maximum Gasteiger partial charge on any atom is 0.289 e. The number of benzene rings is 1. The predicted molar refractivity (Wildman–Crippen MR) is 119 cm³/mol. The van der Waals surface area contributed by atoms with Crippen LogP contribution in [0.15, 0.2) is 15.4 Å². The average molecular weight is 436 g/mol. The molecule has 1 fully saturated rings. The van der Waals surface area contributed by atoms with Gasteiger partial charge in [0, 0.05) is 37.1 Å². The lowest BCUT2D eigenvalue weighted by atomic mass is 10.0. The predicted octanol–water partition coefficient (Wildman–Crippen LogP) is 3.21. The normalized spacial score (nSPS) is 15.7. The van der Waals surface area contributed by atoms with Gasteiger partial charge in [0.05, 0.1) is 0 Å². The summed E-state index contributed by atoms with van der Waals surface area (Å²) >= 11 is 0. The van der Waals surface area contributed by atoms with Crippen LogP contribution in [0, 0.1) is 20.8 Å². The summed E-state index contributed by atoms with van der Waals surface area (Å²) in [4.78, 5) is 17.1. The number of likely N-dealkylation sites (N-methyl/N-ethyl adjacent to an activating group) is 1. The summed E-state index contributed by atoms with van der Waals surface area (Å²) in [6.45, 7) is 7.81. The van der Waals surface area contributed by atoms with Crippen LogP contribution in [0.2, 0.25) is 0 Å². The monoisotopic (exact) mass is 435 g/mol. The standard InChI is InChI=1S/C22H33N3O4S/c1-15-14-18-17(3)19(22(26)25-11-8-6-7-9-12-25)29-20(18)21(16(15)2)30(27,28)23-10-13-24(4)5/h14,23H,6-13H2,1-5H3. The van der Waals surface area contributed by atoms with Gasteiger partial charge in [-0.1, -0.05) is 12.8 Å². The van der Waals surface area contributed by atoms with E-state index in [2.05, 4.69) is 4.72 Å². The molecule has 1 amide bonds. The Hall–Kier alpha value is -1.90. The van der Waals surface area contributed by atoms with E-state index in [1.807, 2.05) is 43.8 Å². The Morgan fingerprint density at radius 1 is 1.10 bits per heavy atom. The van der Waals surface area contributed by atoms with Crippen LogP contribution in [0.25, 0.3) is 11.0 Å². The van der Waals surface area contributed by atoms with Crippen molar-refractivity contribution in [1.82, 2.24) is 14.5 Å². The molecule has 1 aliphatic rings. The van der Waals surface area contributed by atoms with Gasteiger partial charge in [-0.3, -0.25) is 4.79 Å². The molecule has 0 unspecified atom stereocenters. The largest absolute Gasteiger partial charge is 0.449 e. The van der Waals surface area contributed by atoms with E-state index in [0.29, 0.717) is 42.7 Å². The van der Waals surface area contributed by atoms with Crippen LogP contribution in [0.3, 0.4) is 0 Å². The van der Waals surface area contributed by atoms with Crippen molar-refractivity contribution in [2.24, 2.45) is 0 Å². The van der Waals surface area contributed by atoms with Gasteiger partial charge in [-0.15, -0.1) is 0 Å². The Kier molecular flexibility index (Phi) is 6.89. The summed E-state index contributed by atoms with van der Waals surface area (Å²) in [7, 11) is -0.0110. The maximum absolute atomic E-state index is 13.2. The molecule has 0 bridgehead atoms. The lowest BCUT2D eigenvalue weighted by Crippen LogP contribution is -2.32. The molecule has 1 aromatic heterocycles. The molecule has 0 aliphatic carbocycles. The number of fused-ring (bicyclic) bond motifs is 1. The summed E-state index contributed by atoms with van der Waals surface area (Å²) in [6.07, 6.45) is 4.22. The quantitative estimate of drug-likeness (QED) is 0.753. The molecular weight excluding hydrogens is 402 g/mol. The molecule has 1 aromatic carbocycles. The molecule has 1 saturated heterocycles. The average Bonchev–Trinajstić information content (AvgIpc) is 2.86. The minimum Gasteiger partial charge on any atom is -0.449 e. The van der Waals surface area contributed by atoms with Crippen LogP contribution in [0.1, 0.15) is 52.9 Å². The van der Waals surface area contributed by atoms with Gasteiger partial charge in [0.2, 0.25) is 10.0 Å². The summed E-state index contributed by atoms with van der Waals surface area (Å²) < 4.78 is 35.0. The molecule has 8 heteroatoms. The maximum atomic E-state index is 13.2. The zero-order valence-corrected chi connectivity index (χ0v) is 19.5. The van der Waals surface area contributed by atoms with Crippen LogP contribution < -0.4 is 4.72 Å². The van der Waals surface area contributed by atoms with Crippen LogP contribution in [0.4, 0.5) is 0 Å². The number of aryl methyl sites for hydroxylation is 2. The summed E-state index contributed by atoms with van der Waals surface area (Å²) in [6, 6.07) is 1.92. The van der Waals surface area contributed by atoms with Crippen molar-refractivity contribution < 1.29 is 17.6 Å². The summed E-state index contributed by atoms with van der Waals surface area (Å²) in [5, 5.41) is 0.684. The van der Waals surface area contributed by atoms with Crippen molar-refractivity contribution in [3.05, 3.63) is 28.5 Å². The van der Waals surface area contributed by atoms with E-state index in [1.165, 1.54) is 0 Å².